The largest absolute Gasteiger partial charge is 0.505 e. The van der Waals surface area contributed by atoms with Gasteiger partial charge in [0, 0.05) is 0 Å². The molecule has 0 fully saturated rings. The van der Waals surface area contributed by atoms with Crippen LogP contribution in [0, 0.1) is 40.5 Å². The van der Waals surface area contributed by atoms with Gasteiger partial charge in [-0.3, -0.25) is 29.9 Å². The zero-order valence-electron chi connectivity index (χ0n) is 7.95. The molecule has 0 aromatic rings. The third kappa shape index (κ3) is 3.08. The quantitative estimate of drug-likeness (QED) is 0.309. The summed E-state index contributed by atoms with van der Waals surface area (Å²) in [5.41, 5.74) is -3.40. The monoisotopic (exact) mass is 256 g/mol. The van der Waals surface area contributed by atoms with Gasteiger partial charge in [0.1, 0.15) is 9.85 Å². The highest BCUT2D eigenvalue weighted by atomic mass is 17.1. The second-order valence-electron chi connectivity index (χ2n) is 2.60. The van der Waals surface area contributed by atoms with E-state index in [1.807, 2.05) is 0 Å². The summed E-state index contributed by atoms with van der Waals surface area (Å²) in [4.78, 5) is 44.3. The molecule has 14 heteroatoms. The van der Waals surface area contributed by atoms with E-state index in [2.05, 4.69) is 9.68 Å². The summed E-state index contributed by atoms with van der Waals surface area (Å²) < 4.78 is 0. The summed E-state index contributed by atoms with van der Waals surface area (Å²) in [5, 5.41) is 37.3. The van der Waals surface area contributed by atoms with Gasteiger partial charge in [0.25, 0.3) is 10.2 Å². The lowest BCUT2D eigenvalue weighted by Crippen LogP contribution is -2.56. The molecule has 0 amide bonds. The lowest BCUT2D eigenvalue weighted by Gasteiger charge is -2.18. The van der Waals surface area contributed by atoms with Crippen molar-refractivity contribution in [3.63, 3.8) is 0 Å². The van der Waals surface area contributed by atoms with Crippen molar-refractivity contribution in [1.82, 2.24) is 0 Å². The Balaban J connectivity index is 5.35. The van der Waals surface area contributed by atoms with Crippen molar-refractivity contribution in [2.24, 2.45) is 0 Å². The van der Waals surface area contributed by atoms with Crippen molar-refractivity contribution >= 4 is 0 Å². The standard InChI is InChI=1S/C3H4N4O10/c1-3(4(8)9,5(10)11)2(16-6(12)13)17-7(14)15/h2H,1H3. The predicted octanol–water partition coefficient (Wildman–Crippen LogP) is -1.00. The Hall–Kier alpha value is -2.80. The molecule has 0 heterocycles. The van der Waals surface area contributed by atoms with Crippen LogP contribution in [0.3, 0.4) is 0 Å². The Labute approximate surface area is 90.2 Å². The summed E-state index contributed by atoms with van der Waals surface area (Å²) in [6.07, 6.45) is -2.93. The first-order valence-electron chi connectivity index (χ1n) is 3.53. The van der Waals surface area contributed by atoms with Crippen molar-refractivity contribution in [2.45, 2.75) is 18.9 Å². The number of nitrogens with zero attached hydrogens (tertiary/aromatic N) is 4. The fourth-order valence-corrected chi connectivity index (χ4v) is 0.614. The average Bonchev–Trinajstić information content (AvgIpc) is 2.13. The molecule has 0 aliphatic heterocycles. The molecule has 0 unspecified atom stereocenters. The van der Waals surface area contributed by atoms with Gasteiger partial charge >= 0.3 is 12.0 Å². The fourth-order valence-electron chi connectivity index (χ4n) is 0.614. The van der Waals surface area contributed by atoms with Crippen molar-refractivity contribution in [3.05, 3.63) is 40.5 Å². The van der Waals surface area contributed by atoms with Gasteiger partial charge in [-0.15, -0.1) is 20.2 Å². The molecule has 0 spiro atoms. The van der Waals surface area contributed by atoms with Gasteiger partial charge in [0.15, 0.2) is 0 Å². The Bertz CT molecular complexity index is 335. The average molecular weight is 256 g/mol. The second-order valence-corrected chi connectivity index (χ2v) is 2.60. The summed E-state index contributed by atoms with van der Waals surface area (Å²) in [7, 11) is 0. The first-order valence-corrected chi connectivity index (χ1v) is 3.53. The molecule has 0 aromatic carbocycles. The minimum absolute atomic E-state index is 0.269. The molecule has 17 heavy (non-hydrogen) atoms. The lowest BCUT2D eigenvalue weighted by atomic mass is 10.2. The molecule has 0 aromatic heterocycles. The molecule has 0 radical (unpaired) electrons. The third-order valence-corrected chi connectivity index (χ3v) is 1.55. The molecule has 0 atom stereocenters. The SMILES string of the molecule is CC(C(O[N+](=O)[O-])O[N+](=O)[O-])([N+](=O)[O-])[N+](=O)[O-]. The number of rotatable bonds is 7. The van der Waals surface area contributed by atoms with E-state index in [9.17, 15) is 40.5 Å². The van der Waals surface area contributed by atoms with Crippen molar-refractivity contribution in [2.75, 3.05) is 0 Å². The third-order valence-electron chi connectivity index (χ3n) is 1.55. The van der Waals surface area contributed by atoms with Crippen molar-refractivity contribution < 1.29 is 29.7 Å². The van der Waals surface area contributed by atoms with E-state index in [0.717, 1.165) is 0 Å². The number of nitro groups is 2. The highest BCUT2D eigenvalue weighted by Gasteiger charge is 2.63. The van der Waals surface area contributed by atoms with E-state index in [-0.39, 0.29) is 6.92 Å². The molecule has 0 saturated heterocycles. The van der Waals surface area contributed by atoms with Crippen LogP contribution in [0.4, 0.5) is 0 Å². The van der Waals surface area contributed by atoms with E-state index in [4.69, 9.17) is 0 Å². The molecular formula is C3H4N4O10. The smallest absolute Gasteiger partial charge is 0.266 e. The number of hydrogen-bond donors (Lipinski definition) is 0. The molecule has 0 bridgehead atoms. The Kier molecular flexibility index (Phi) is 4.02. The van der Waals surface area contributed by atoms with Crippen LogP contribution in [-0.2, 0) is 9.68 Å². The molecule has 0 aliphatic rings. The van der Waals surface area contributed by atoms with E-state index in [0.29, 0.717) is 0 Å². The highest BCUT2D eigenvalue weighted by Crippen LogP contribution is 2.20. The van der Waals surface area contributed by atoms with E-state index in [1.54, 1.807) is 0 Å². The summed E-state index contributed by atoms with van der Waals surface area (Å²) in [6.45, 7) is 0.269. The molecule has 0 saturated carbocycles. The van der Waals surface area contributed by atoms with Crippen LogP contribution < -0.4 is 0 Å². The van der Waals surface area contributed by atoms with Crippen LogP contribution in [0.15, 0.2) is 0 Å². The Morgan fingerprint density at radius 2 is 1.18 bits per heavy atom. The fraction of sp³-hybridized carbons (Fsp3) is 1.00. The highest BCUT2D eigenvalue weighted by molar-refractivity contribution is 4.63. The van der Waals surface area contributed by atoms with Crippen LogP contribution >= 0.6 is 0 Å². The van der Waals surface area contributed by atoms with Crippen molar-refractivity contribution in [1.29, 1.82) is 0 Å². The maximum Gasteiger partial charge on any atom is 0.505 e. The van der Waals surface area contributed by atoms with Gasteiger partial charge in [-0.1, -0.05) is 0 Å². The normalized spacial score (nSPS) is 10.7. The van der Waals surface area contributed by atoms with E-state index >= 15 is 0 Å². The summed E-state index contributed by atoms with van der Waals surface area (Å²) >= 11 is 0. The molecule has 14 nitrogen and oxygen atoms in total. The van der Waals surface area contributed by atoms with Gasteiger partial charge in [0.2, 0.25) is 0 Å². The molecule has 96 valence electrons. The second kappa shape index (κ2) is 4.81. The lowest BCUT2D eigenvalue weighted by molar-refractivity contribution is -0.912. The van der Waals surface area contributed by atoms with E-state index in [1.165, 1.54) is 0 Å². The first-order chi connectivity index (χ1) is 7.62. The zero-order chi connectivity index (χ0) is 13.8. The number of hydrogen-bond acceptors (Lipinski definition) is 10. The van der Waals surface area contributed by atoms with E-state index < -0.39 is 32.0 Å². The van der Waals surface area contributed by atoms with Gasteiger partial charge in [-0.2, -0.15) is 0 Å². The minimum Gasteiger partial charge on any atom is -0.266 e. The van der Waals surface area contributed by atoms with Gasteiger partial charge in [-0.25, -0.2) is 0 Å². The molecular weight excluding hydrogens is 252 g/mol. The Morgan fingerprint density at radius 3 is 1.35 bits per heavy atom. The van der Waals surface area contributed by atoms with Gasteiger partial charge in [0.05, 0.1) is 6.92 Å². The first kappa shape index (κ1) is 14.2. The van der Waals surface area contributed by atoms with Crippen LogP contribution in [0.25, 0.3) is 0 Å². The van der Waals surface area contributed by atoms with Crippen molar-refractivity contribution in [3.8, 4) is 0 Å². The topological polar surface area (TPSA) is 191 Å². The van der Waals surface area contributed by atoms with Crippen LogP contribution in [0.5, 0.6) is 0 Å². The van der Waals surface area contributed by atoms with Gasteiger partial charge < -0.3 is 0 Å². The molecule has 0 aliphatic carbocycles. The maximum absolute atomic E-state index is 10.4. The molecule has 0 rings (SSSR count). The van der Waals surface area contributed by atoms with Crippen LogP contribution in [-0.4, -0.2) is 32.0 Å². The molecule has 0 N–H and O–H groups in total. The summed E-state index contributed by atoms with van der Waals surface area (Å²) in [6, 6.07) is 0. The summed E-state index contributed by atoms with van der Waals surface area (Å²) in [5.74, 6) is 0. The Morgan fingerprint density at radius 1 is 0.882 bits per heavy atom. The predicted molar refractivity (Wildman–Crippen MR) is 42.3 cm³/mol. The minimum atomic E-state index is -3.40. The van der Waals surface area contributed by atoms with Crippen LogP contribution in [0.1, 0.15) is 6.92 Å². The zero-order valence-corrected chi connectivity index (χ0v) is 7.95. The van der Waals surface area contributed by atoms with Crippen LogP contribution in [0.2, 0.25) is 0 Å². The maximum atomic E-state index is 10.4. The van der Waals surface area contributed by atoms with Gasteiger partial charge in [-0.05, 0) is 0 Å².